The number of aromatic amines is 1. The Hall–Kier alpha value is -3.77. The van der Waals surface area contributed by atoms with Crippen molar-refractivity contribution in [2.45, 2.75) is 50.5 Å². The zero-order valence-corrected chi connectivity index (χ0v) is 21.1. The lowest BCUT2D eigenvalue weighted by Gasteiger charge is -2.38. The molecule has 2 aliphatic rings. The van der Waals surface area contributed by atoms with Crippen molar-refractivity contribution in [1.29, 1.82) is 0 Å². The molecule has 13 heteroatoms. The number of halogens is 2. The molecule has 2 bridgehead atoms. The Morgan fingerprint density at radius 1 is 1.11 bits per heavy atom. The lowest BCUT2D eigenvalue weighted by molar-refractivity contribution is -0.139. The molecule has 2 N–H and O–H groups in total. The molecule has 0 saturated carbocycles. The van der Waals surface area contributed by atoms with Gasteiger partial charge in [-0.1, -0.05) is 16.7 Å². The van der Waals surface area contributed by atoms with Crippen molar-refractivity contribution in [3.05, 3.63) is 58.9 Å². The number of nitrogens with one attached hydrogen (secondary N) is 2. The number of nitrogens with zero attached hydrogens (tertiary/aromatic N) is 4. The fraction of sp³-hybridized carbons (Fsp3) is 0.400. The number of piperidine rings is 1. The molecule has 0 spiro atoms. The molecule has 11 nitrogen and oxygen atoms in total. The molecule has 5 rings (SSSR count). The number of ether oxygens (including phenoxy) is 3. The molecular weight excluding hydrogens is 519 g/mol. The van der Waals surface area contributed by atoms with Crippen LogP contribution in [0.3, 0.4) is 0 Å². The predicted molar refractivity (Wildman–Crippen MR) is 133 cm³/mol. The number of hydrogen-bond acceptors (Lipinski definition) is 8. The number of carbonyl (C=O) groups is 2. The third-order valence-electron chi connectivity index (χ3n) is 6.56. The first-order valence-corrected chi connectivity index (χ1v) is 12.6. The van der Waals surface area contributed by atoms with E-state index < -0.39 is 5.91 Å². The van der Waals surface area contributed by atoms with Crippen LogP contribution in [0, 0.1) is 5.82 Å². The summed E-state index contributed by atoms with van der Waals surface area (Å²) < 4.78 is 30.6. The Morgan fingerprint density at radius 3 is 2.58 bits per heavy atom. The molecule has 2 unspecified atom stereocenters. The van der Waals surface area contributed by atoms with Crippen LogP contribution in [0.2, 0.25) is 5.02 Å². The molecule has 1 aromatic heterocycles. The molecule has 3 heterocycles. The maximum absolute atomic E-state index is 13.2. The van der Waals surface area contributed by atoms with Gasteiger partial charge in [0.1, 0.15) is 30.0 Å². The molecule has 2 atom stereocenters. The Kier molecular flexibility index (Phi) is 7.99. The number of benzene rings is 2. The number of aromatic nitrogens is 4. The van der Waals surface area contributed by atoms with E-state index in [1.165, 1.54) is 12.1 Å². The summed E-state index contributed by atoms with van der Waals surface area (Å²) in [5.74, 6) is 0.349. The minimum absolute atomic E-state index is 0.0274. The van der Waals surface area contributed by atoms with Crippen LogP contribution in [0.25, 0.3) is 0 Å². The van der Waals surface area contributed by atoms with Crippen molar-refractivity contribution in [3.8, 4) is 11.5 Å². The number of tetrazole rings is 1. The van der Waals surface area contributed by atoms with E-state index in [4.69, 9.17) is 25.8 Å². The van der Waals surface area contributed by atoms with E-state index in [0.29, 0.717) is 34.9 Å². The number of H-pyrrole nitrogens is 1. The Labute approximate surface area is 222 Å². The number of amides is 2. The van der Waals surface area contributed by atoms with Crippen molar-refractivity contribution in [1.82, 2.24) is 25.5 Å². The van der Waals surface area contributed by atoms with Gasteiger partial charge in [-0.25, -0.2) is 9.49 Å². The van der Waals surface area contributed by atoms with Crippen LogP contribution < -0.4 is 14.8 Å². The number of rotatable bonds is 10. The summed E-state index contributed by atoms with van der Waals surface area (Å²) in [6.45, 7) is -0.336. The van der Waals surface area contributed by atoms with E-state index in [-0.39, 0.29) is 55.7 Å². The van der Waals surface area contributed by atoms with Gasteiger partial charge in [0.25, 0.3) is 11.8 Å². The van der Waals surface area contributed by atoms with E-state index in [0.717, 1.165) is 12.8 Å². The maximum atomic E-state index is 13.2. The molecule has 0 aliphatic carbocycles. The second-order valence-corrected chi connectivity index (χ2v) is 9.62. The number of carbonyl (C=O) groups excluding carboxylic acids is 2. The lowest BCUT2D eigenvalue weighted by atomic mass is 9.99. The van der Waals surface area contributed by atoms with Crippen LogP contribution in [-0.2, 0) is 20.9 Å². The summed E-state index contributed by atoms with van der Waals surface area (Å²) >= 11 is 6.14. The molecule has 2 aliphatic heterocycles. The Morgan fingerprint density at radius 2 is 1.87 bits per heavy atom. The van der Waals surface area contributed by atoms with Gasteiger partial charge < -0.3 is 19.1 Å². The van der Waals surface area contributed by atoms with Crippen molar-refractivity contribution >= 4 is 29.4 Å². The molecular formula is C25H26ClFN6O5. The zero-order chi connectivity index (χ0) is 26.5. The monoisotopic (exact) mass is 544 g/mol. The van der Waals surface area contributed by atoms with Gasteiger partial charge in [0.15, 0.2) is 6.61 Å². The topological polar surface area (TPSA) is 132 Å². The minimum Gasteiger partial charge on any atom is -0.490 e. The minimum atomic E-state index is -0.439. The molecule has 2 aromatic carbocycles. The van der Waals surface area contributed by atoms with E-state index in [9.17, 15) is 14.0 Å². The van der Waals surface area contributed by atoms with Crippen LogP contribution in [0.15, 0.2) is 42.5 Å². The smallest absolute Gasteiger partial charge is 0.261 e. The van der Waals surface area contributed by atoms with Crippen molar-refractivity contribution < 1.29 is 28.2 Å². The summed E-state index contributed by atoms with van der Waals surface area (Å²) in [6.07, 6.45) is 3.22. The Balaban J connectivity index is 1.13. The van der Waals surface area contributed by atoms with Gasteiger partial charge in [0.2, 0.25) is 5.95 Å². The van der Waals surface area contributed by atoms with Gasteiger partial charge in [-0.15, -0.1) is 0 Å². The van der Waals surface area contributed by atoms with Crippen molar-refractivity contribution in [3.63, 3.8) is 0 Å². The third-order valence-corrected chi connectivity index (χ3v) is 6.80. The average Bonchev–Trinajstić information content (AvgIpc) is 3.50. The first kappa shape index (κ1) is 25.9. The summed E-state index contributed by atoms with van der Waals surface area (Å²) in [4.78, 5) is 27.0. The van der Waals surface area contributed by atoms with Crippen LogP contribution in [0.5, 0.6) is 11.5 Å². The SMILES string of the molecule is O=C(COCc1cc(Cl)ccc1OCC(=O)N1C2CCC1CC(Oc1ccc(F)cc1)C2)Nc1nnn[nH]1. The largest absolute Gasteiger partial charge is 0.490 e. The molecule has 38 heavy (non-hydrogen) atoms. The molecule has 200 valence electrons. The van der Waals surface area contributed by atoms with Gasteiger partial charge in [-0.2, -0.15) is 0 Å². The van der Waals surface area contributed by atoms with E-state index >= 15 is 0 Å². The van der Waals surface area contributed by atoms with Crippen LogP contribution in [0.4, 0.5) is 10.3 Å². The number of fused-ring (bicyclic) bond motifs is 2. The van der Waals surface area contributed by atoms with E-state index in [1.54, 1.807) is 30.3 Å². The van der Waals surface area contributed by atoms with Crippen LogP contribution in [-0.4, -0.2) is 68.7 Å². The highest BCUT2D eigenvalue weighted by atomic mass is 35.5. The average molecular weight is 545 g/mol. The van der Waals surface area contributed by atoms with Crippen LogP contribution in [0.1, 0.15) is 31.2 Å². The highest BCUT2D eigenvalue weighted by Gasteiger charge is 2.44. The summed E-state index contributed by atoms with van der Waals surface area (Å²) in [6, 6.07) is 11.1. The van der Waals surface area contributed by atoms with Gasteiger partial charge in [-0.3, -0.25) is 14.9 Å². The van der Waals surface area contributed by atoms with Crippen molar-refractivity contribution in [2.75, 3.05) is 18.5 Å². The molecule has 2 fully saturated rings. The summed E-state index contributed by atoms with van der Waals surface area (Å²) in [5.41, 5.74) is 0.605. The molecule has 0 radical (unpaired) electrons. The number of anilines is 1. The summed E-state index contributed by atoms with van der Waals surface area (Å²) in [5, 5.41) is 15.7. The standard InChI is InChI=1S/C25H26ClFN6O5/c26-16-1-8-22(15(9-16)12-36-13-23(34)28-25-29-31-32-30-25)37-14-24(35)33-18-4-5-19(33)11-21(10-18)38-20-6-2-17(27)3-7-20/h1-3,6-9,18-19,21H,4-5,10-14H2,(H2,28,29,30,31,32,34). The van der Waals surface area contributed by atoms with E-state index in [1.807, 2.05) is 4.90 Å². The second kappa shape index (κ2) is 11.7. The van der Waals surface area contributed by atoms with Gasteiger partial charge in [0, 0.05) is 35.5 Å². The second-order valence-electron chi connectivity index (χ2n) is 9.18. The molecule has 2 saturated heterocycles. The fourth-order valence-corrected chi connectivity index (χ4v) is 5.18. The first-order chi connectivity index (χ1) is 18.4. The predicted octanol–water partition coefficient (Wildman–Crippen LogP) is 3.13. The van der Waals surface area contributed by atoms with Crippen LogP contribution >= 0.6 is 11.6 Å². The highest BCUT2D eigenvalue weighted by Crippen LogP contribution is 2.37. The van der Waals surface area contributed by atoms with Crippen molar-refractivity contribution in [2.24, 2.45) is 0 Å². The third kappa shape index (κ3) is 6.37. The van der Waals surface area contributed by atoms with Gasteiger partial charge in [-0.05, 0) is 65.7 Å². The zero-order valence-electron chi connectivity index (χ0n) is 20.3. The van der Waals surface area contributed by atoms with Gasteiger partial charge >= 0.3 is 0 Å². The Bertz CT molecular complexity index is 1250. The summed E-state index contributed by atoms with van der Waals surface area (Å²) in [7, 11) is 0. The normalized spacial score (nSPS) is 20.3. The number of hydrogen-bond donors (Lipinski definition) is 2. The quantitative estimate of drug-likeness (QED) is 0.398. The molecule has 3 aromatic rings. The van der Waals surface area contributed by atoms with Gasteiger partial charge in [0.05, 0.1) is 6.61 Å². The van der Waals surface area contributed by atoms with E-state index in [2.05, 4.69) is 25.9 Å². The molecule has 2 amide bonds. The fourth-order valence-electron chi connectivity index (χ4n) is 4.99. The highest BCUT2D eigenvalue weighted by molar-refractivity contribution is 6.30. The maximum Gasteiger partial charge on any atom is 0.261 e. The first-order valence-electron chi connectivity index (χ1n) is 12.2. The lowest BCUT2D eigenvalue weighted by Crippen LogP contribution is -2.50.